The molecule has 1 N–H and O–H groups in total. The normalized spacial score (nSPS) is 19.0. The summed E-state index contributed by atoms with van der Waals surface area (Å²) in [4.78, 5) is 26.9. The van der Waals surface area contributed by atoms with Crippen molar-refractivity contribution in [2.45, 2.75) is 31.8 Å². The summed E-state index contributed by atoms with van der Waals surface area (Å²) >= 11 is 1.30. The molecule has 1 fully saturated rings. The number of carbonyl (C=O) groups excluding carboxylic acids is 1. The van der Waals surface area contributed by atoms with E-state index in [0.717, 1.165) is 16.9 Å². The molecule has 25 heavy (non-hydrogen) atoms. The molecule has 0 aromatic carbocycles. The molecule has 132 valence electrons. The van der Waals surface area contributed by atoms with Gasteiger partial charge in [0.05, 0.1) is 6.61 Å². The topological polar surface area (TPSA) is 92.9 Å². The lowest BCUT2D eigenvalue weighted by Gasteiger charge is -2.43. The SMILES string of the molecule is Cc1cc(C(=O)N2CCC3(CC2)OCCc2cc(C(=O)O)sc23)no1. The van der Waals surface area contributed by atoms with E-state index in [1.165, 1.54) is 11.3 Å². The third-order valence-electron chi connectivity index (χ3n) is 4.89. The lowest BCUT2D eigenvalue weighted by Crippen LogP contribution is -2.48. The molecule has 1 spiro atoms. The van der Waals surface area contributed by atoms with E-state index >= 15 is 0 Å². The van der Waals surface area contributed by atoms with Gasteiger partial charge in [-0.15, -0.1) is 11.3 Å². The van der Waals surface area contributed by atoms with Gasteiger partial charge in [0, 0.05) is 24.0 Å². The maximum absolute atomic E-state index is 12.5. The highest BCUT2D eigenvalue weighted by atomic mass is 32.1. The fourth-order valence-electron chi connectivity index (χ4n) is 3.60. The van der Waals surface area contributed by atoms with Crippen molar-refractivity contribution in [1.82, 2.24) is 10.1 Å². The maximum atomic E-state index is 12.5. The molecule has 2 aliphatic rings. The number of hydrogen-bond donors (Lipinski definition) is 1. The van der Waals surface area contributed by atoms with Gasteiger partial charge in [0.1, 0.15) is 16.2 Å². The number of nitrogens with zero attached hydrogens (tertiary/aromatic N) is 2. The first-order chi connectivity index (χ1) is 12.0. The summed E-state index contributed by atoms with van der Waals surface area (Å²) in [5, 5.41) is 13.1. The predicted molar refractivity (Wildman–Crippen MR) is 89.0 cm³/mol. The Morgan fingerprint density at radius 2 is 2.08 bits per heavy atom. The molecule has 1 saturated heterocycles. The first-order valence-electron chi connectivity index (χ1n) is 8.21. The smallest absolute Gasteiger partial charge is 0.345 e. The largest absolute Gasteiger partial charge is 0.477 e. The quantitative estimate of drug-likeness (QED) is 0.882. The highest BCUT2D eigenvalue weighted by molar-refractivity contribution is 7.14. The van der Waals surface area contributed by atoms with Crippen LogP contribution in [-0.4, -0.2) is 46.7 Å². The van der Waals surface area contributed by atoms with Crippen LogP contribution in [0.1, 0.15) is 49.2 Å². The van der Waals surface area contributed by atoms with Gasteiger partial charge in [-0.3, -0.25) is 4.79 Å². The van der Waals surface area contributed by atoms with E-state index in [2.05, 4.69) is 5.16 Å². The van der Waals surface area contributed by atoms with Gasteiger partial charge < -0.3 is 19.3 Å². The molecule has 0 radical (unpaired) electrons. The van der Waals surface area contributed by atoms with Crippen LogP contribution in [0.3, 0.4) is 0 Å². The number of carbonyl (C=O) groups is 2. The van der Waals surface area contributed by atoms with Gasteiger partial charge >= 0.3 is 5.97 Å². The molecular weight excluding hydrogens is 344 g/mol. The number of carboxylic acid groups (broad SMARTS) is 1. The number of aryl methyl sites for hydroxylation is 1. The van der Waals surface area contributed by atoms with E-state index in [4.69, 9.17) is 9.26 Å². The second-order valence-electron chi connectivity index (χ2n) is 6.48. The van der Waals surface area contributed by atoms with Gasteiger partial charge in [-0.05, 0) is 37.8 Å². The van der Waals surface area contributed by atoms with Crippen molar-refractivity contribution in [2.24, 2.45) is 0 Å². The lowest BCUT2D eigenvalue weighted by molar-refractivity contribution is -0.0906. The Kier molecular flexibility index (Phi) is 3.88. The molecule has 0 atom stereocenters. The summed E-state index contributed by atoms with van der Waals surface area (Å²) < 4.78 is 11.1. The first kappa shape index (κ1) is 16.3. The van der Waals surface area contributed by atoms with Crippen LogP contribution in [0.5, 0.6) is 0 Å². The van der Waals surface area contributed by atoms with E-state index in [9.17, 15) is 14.7 Å². The average Bonchev–Trinajstić information content (AvgIpc) is 3.22. The molecule has 4 rings (SSSR count). The second kappa shape index (κ2) is 5.96. The fourth-order valence-corrected chi connectivity index (χ4v) is 4.85. The number of thiophene rings is 1. The van der Waals surface area contributed by atoms with Crippen LogP contribution in [0, 0.1) is 6.92 Å². The highest BCUT2D eigenvalue weighted by Crippen LogP contribution is 2.45. The monoisotopic (exact) mass is 362 g/mol. The Balaban J connectivity index is 1.54. The van der Waals surface area contributed by atoms with Crippen LogP contribution < -0.4 is 0 Å². The molecule has 0 saturated carbocycles. The Morgan fingerprint density at radius 1 is 1.32 bits per heavy atom. The van der Waals surface area contributed by atoms with E-state index in [0.29, 0.717) is 48.9 Å². The first-order valence-corrected chi connectivity index (χ1v) is 9.03. The van der Waals surface area contributed by atoms with E-state index in [-0.39, 0.29) is 5.91 Å². The molecule has 8 heteroatoms. The third kappa shape index (κ3) is 2.75. The zero-order chi connectivity index (χ0) is 17.6. The van der Waals surface area contributed by atoms with Crippen LogP contribution in [0.15, 0.2) is 16.7 Å². The minimum absolute atomic E-state index is 0.139. The van der Waals surface area contributed by atoms with E-state index < -0.39 is 11.6 Å². The number of carboxylic acids is 1. The standard InChI is InChI=1S/C17H18N2O5S/c1-10-8-12(18-24-10)15(20)19-5-3-17(4-6-19)14-11(2-7-23-17)9-13(25-14)16(21)22/h8-9H,2-7H2,1H3,(H,21,22). The van der Waals surface area contributed by atoms with Crippen molar-refractivity contribution in [1.29, 1.82) is 0 Å². The number of amides is 1. The van der Waals surface area contributed by atoms with Crippen molar-refractivity contribution in [3.63, 3.8) is 0 Å². The zero-order valence-corrected chi connectivity index (χ0v) is 14.6. The average molecular weight is 362 g/mol. The Hall–Kier alpha value is -2.19. The minimum atomic E-state index is -0.899. The molecule has 0 bridgehead atoms. The number of likely N-dealkylation sites (tertiary alicyclic amines) is 1. The van der Waals surface area contributed by atoms with Crippen molar-refractivity contribution in [3.8, 4) is 0 Å². The van der Waals surface area contributed by atoms with Gasteiger partial charge in [-0.1, -0.05) is 5.16 Å². The molecule has 2 aliphatic heterocycles. The number of rotatable bonds is 2. The number of aromatic nitrogens is 1. The number of ether oxygens (including phenoxy) is 1. The lowest BCUT2D eigenvalue weighted by atomic mass is 9.85. The maximum Gasteiger partial charge on any atom is 0.345 e. The predicted octanol–water partition coefficient (Wildman–Crippen LogP) is 2.45. The summed E-state index contributed by atoms with van der Waals surface area (Å²) in [6, 6.07) is 3.41. The molecule has 2 aromatic heterocycles. The number of hydrogen-bond acceptors (Lipinski definition) is 6. The Bertz CT molecular complexity index is 832. The van der Waals surface area contributed by atoms with Gasteiger partial charge in [0.2, 0.25) is 0 Å². The van der Waals surface area contributed by atoms with Gasteiger partial charge in [-0.25, -0.2) is 4.79 Å². The Labute approximate surface area is 148 Å². The van der Waals surface area contributed by atoms with Crippen LogP contribution in [0.4, 0.5) is 0 Å². The van der Waals surface area contributed by atoms with Gasteiger partial charge in [-0.2, -0.15) is 0 Å². The van der Waals surface area contributed by atoms with Crippen LogP contribution in [0.25, 0.3) is 0 Å². The molecule has 4 heterocycles. The highest BCUT2D eigenvalue weighted by Gasteiger charge is 2.43. The Morgan fingerprint density at radius 3 is 2.72 bits per heavy atom. The molecular formula is C17H18N2O5S. The second-order valence-corrected chi connectivity index (χ2v) is 7.53. The minimum Gasteiger partial charge on any atom is -0.477 e. The van der Waals surface area contributed by atoms with Crippen molar-refractivity contribution in [2.75, 3.05) is 19.7 Å². The van der Waals surface area contributed by atoms with Crippen LogP contribution >= 0.6 is 11.3 Å². The van der Waals surface area contributed by atoms with Crippen LogP contribution in [-0.2, 0) is 16.8 Å². The summed E-state index contributed by atoms with van der Waals surface area (Å²) in [6.07, 6.45) is 2.05. The zero-order valence-electron chi connectivity index (χ0n) is 13.8. The van der Waals surface area contributed by atoms with E-state index in [1.54, 1.807) is 24.0 Å². The molecule has 7 nitrogen and oxygen atoms in total. The molecule has 2 aromatic rings. The van der Waals surface area contributed by atoms with Gasteiger partial charge in [0.15, 0.2) is 5.69 Å². The summed E-state index contributed by atoms with van der Waals surface area (Å²) in [5.74, 6) is -0.430. The molecule has 1 amide bonds. The van der Waals surface area contributed by atoms with Crippen molar-refractivity contribution < 1.29 is 24.0 Å². The number of piperidine rings is 1. The summed E-state index contributed by atoms with van der Waals surface area (Å²) in [7, 11) is 0. The molecule has 0 unspecified atom stereocenters. The van der Waals surface area contributed by atoms with Crippen molar-refractivity contribution >= 4 is 23.2 Å². The number of aromatic carboxylic acids is 1. The number of fused-ring (bicyclic) bond motifs is 2. The van der Waals surface area contributed by atoms with Gasteiger partial charge in [0.25, 0.3) is 5.91 Å². The summed E-state index contributed by atoms with van der Waals surface area (Å²) in [6.45, 7) is 3.43. The van der Waals surface area contributed by atoms with E-state index in [1.807, 2.05) is 0 Å². The van der Waals surface area contributed by atoms with Crippen molar-refractivity contribution in [3.05, 3.63) is 38.9 Å². The third-order valence-corrected chi connectivity index (χ3v) is 6.24. The molecule has 0 aliphatic carbocycles. The van der Waals surface area contributed by atoms with Crippen LogP contribution in [0.2, 0.25) is 0 Å². The fraction of sp³-hybridized carbons (Fsp3) is 0.471. The summed E-state index contributed by atoms with van der Waals surface area (Å²) in [5.41, 5.74) is 0.922.